The summed E-state index contributed by atoms with van der Waals surface area (Å²) < 4.78 is 43.0. The summed E-state index contributed by atoms with van der Waals surface area (Å²) in [6.07, 6.45) is -4.53. The van der Waals surface area contributed by atoms with Crippen LogP contribution in [0.2, 0.25) is 5.02 Å². The first kappa shape index (κ1) is 15.3. The number of rotatable bonds is 3. The van der Waals surface area contributed by atoms with Gasteiger partial charge in [-0.3, -0.25) is 0 Å². The number of carbonyl (C=O) groups is 1. The molecule has 0 saturated carbocycles. The molecule has 0 atom stereocenters. The van der Waals surface area contributed by atoms with E-state index in [4.69, 9.17) is 16.3 Å². The Labute approximate surface area is 122 Å². The molecule has 0 aliphatic carbocycles. The fraction of sp³-hybridized carbons (Fsp3) is 0.250. The minimum atomic E-state index is -4.53. The highest BCUT2D eigenvalue weighted by Gasteiger charge is 2.32. The molecule has 0 radical (unpaired) electrons. The molecule has 1 heterocycles. The van der Waals surface area contributed by atoms with Crippen molar-refractivity contribution < 1.29 is 22.7 Å². The highest BCUT2D eigenvalue weighted by Crippen LogP contribution is 2.36. The average molecular weight is 320 g/mol. The van der Waals surface area contributed by atoms with Crippen LogP contribution in [-0.2, 0) is 10.9 Å². The number of aromatic nitrogens is 3. The summed E-state index contributed by atoms with van der Waals surface area (Å²) in [6, 6.07) is 2.74. The molecule has 0 spiro atoms. The molecular formula is C12H9ClF3N3O2. The third kappa shape index (κ3) is 3.15. The Balaban J connectivity index is 2.52. The second-order valence-corrected chi connectivity index (χ2v) is 4.34. The predicted molar refractivity (Wildman–Crippen MR) is 67.8 cm³/mol. The SMILES string of the molecule is CCOC(=O)c1n[nH]nc1-c1cc(C(F)(F)F)ccc1Cl. The van der Waals surface area contributed by atoms with Crippen LogP contribution in [0.4, 0.5) is 13.2 Å². The number of benzene rings is 1. The van der Waals surface area contributed by atoms with Gasteiger partial charge >= 0.3 is 12.1 Å². The zero-order valence-electron chi connectivity index (χ0n) is 10.7. The highest BCUT2D eigenvalue weighted by molar-refractivity contribution is 6.33. The number of halogens is 4. The lowest BCUT2D eigenvalue weighted by Gasteiger charge is -2.09. The minimum Gasteiger partial charge on any atom is -0.461 e. The molecule has 9 heteroatoms. The largest absolute Gasteiger partial charge is 0.461 e. The van der Waals surface area contributed by atoms with Gasteiger partial charge in [-0.05, 0) is 25.1 Å². The molecule has 5 nitrogen and oxygen atoms in total. The van der Waals surface area contributed by atoms with Crippen LogP contribution in [0.3, 0.4) is 0 Å². The van der Waals surface area contributed by atoms with E-state index in [9.17, 15) is 18.0 Å². The number of carbonyl (C=O) groups excluding carboxylic acids is 1. The maximum Gasteiger partial charge on any atom is 0.416 e. The molecule has 112 valence electrons. The van der Waals surface area contributed by atoms with Gasteiger partial charge in [0.25, 0.3) is 0 Å². The number of hydrogen-bond acceptors (Lipinski definition) is 4. The molecule has 0 aliphatic heterocycles. The highest BCUT2D eigenvalue weighted by atomic mass is 35.5. The molecule has 0 fully saturated rings. The van der Waals surface area contributed by atoms with Crippen molar-refractivity contribution in [3.63, 3.8) is 0 Å². The van der Waals surface area contributed by atoms with Gasteiger partial charge in [0.05, 0.1) is 17.2 Å². The summed E-state index contributed by atoms with van der Waals surface area (Å²) in [4.78, 5) is 11.7. The Hall–Kier alpha value is -2.09. The van der Waals surface area contributed by atoms with Gasteiger partial charge in [-0.1, -0.05) is 11.6 Å². The lowest BCUT2D eigenvalue weighted by molar-refractivity contribution is -0.137. The van der Waals surface area contributed by atoms with Crippen molar-refractivity contribution in [1.82, 2.24) is 15.4 Å². The number of H-pyrrole nitrogens is 1. The molecule has 0 saturated heterocycles. The molecule has 1 N–H and O–H groups in total. The maximum atomic E-state index is 12.7. The fourth-order valence-corrected chi connectivity index (χ4v) is 1.85. The molecular weight excluding hydrogens is 311 g/mol. The molecule has 1 aromatic carbocycles. The van der Waals surface area contributed by atoms with Crippen molar-refractivity contribution in [3.05, 3.63) is 34.5 Å². The monoisotopic (exact) mass is 319 g/mol. The van der Waals surface area contributed by atoms with E-state index < -0.39 is 17.7 Å². The predicted octanol–water partition coefficient (Wildman–Crippen LogP) is 3.32. The van der Waals surface area contributed by atoms with E-state index in [1.807, 2.05) is 0 Å². The van der Waals surface area contributed by atoms with Crippen LogP contribution in [0.25, 0.3) is 11.3 Å². The number of ether oxygens (including phenoxy) is 1. The third-order valence-corrected chi connectivity index (χ3v) is 2.90. The Morgan fingerprint density at radius 1 is 1.38 bits per heavy atom. The summed E-state index contributed by atoms with van der Waals surface area (Å²) >= 11 is 5.89. The van der Waals surface area contributed by atoms with Gasteiger partial charge in [0.15, 0.2) is 5.69 Å². The Morgan fingerprint density at radius 3 is 2.71 bits per heavy atom. The van der Waals surface area contributed by atoms with Gasteiger partial charge in [-0.2, -0.15) is 23.5 Å². The standard InChI is InChI=1S/C12H9ClF3N3O2/c1-2-21-11(20)10-9(17-19-18-10)7-5-6(12(14,15)16)3-4-8(7)13/h3-5H,2H2,1H3,(H,17,18,19). The Kier molecular flexibility index (Phi) is 4.17. The number of aromatic amines is 1. The Morgan fingerprint density at radius 2 is 2.10 bits per heavy atom. The van der Waals surface area contributed by atoms with E-state index in [-0.39, 0.29) is 28.6 Å². The van der Waals surface area contributed by atoms with E-state index in [1.54, 1.807) is 6.92 Å². The normalized spacial score (nSPS) is 11.5. The zero-order valence-corrected chi connectivity index (χ0v) is 11.4. The zero-order chi connectivity index (χ0) is 15.6. The topological polar surface area (TPSA) is 67.9 Å². The van der Waals surface area contributed by atoms with Crippen LogP contribution in [0.5, 0.6) is 0 Å². The molecule has 1 aromatic heterocycles. The van der Waals surface area contributed by atoms with Crippen LogP contribution in [0, 0.1) is 0 Å². The number of esters is 1. The summed E-state index contributed by atoms with van der Waals surface area (Å²) in [5, 5.41) is 9.48. The number of alkyl halides is 3. The summed E-state index contributed by atoms with van der Waals surface area (Å²) in [7, 11) is 0. The number of nitrogens with one attached hydrogen (secondary N) is 1. The van der Waals surface area contributed by atoms with Crippen LogP contribution >= 0.6 is 11.6 Å². The van der Waals surface area contributed by atoms with Crippen molar-refractivity contribution in [2.45, 2.75) is 13.1 Å². The number of nitrogens with zero attached hydrogens (tertiary/aromatic N) is 2. The van der Waals surface area contributed by atoms with Gasteiger partial charge in [-0.15, -0.1) is 5.10 Å². The van der Waals surface area contributed by atoms with Gasteiger partial charge in [-0.25, -0.2) is 4.79 Å². The van der Waals surface area contributed by atoms with Crippen molar-refractivity contribution in [1.29, 1.82) is 0 Å². The van der Waals surface area contributed by atoms with Crippen LogP contribution in [0.15, 0.2) is 18.2 Å². The first-order chi connectivity index (χ1) is 9.84. The first-order valence-corrected chi connectivity index (χ1v) is 6.17. The van der Waals surface area contributed by atoms with E-state index in [2.05, 4.69) is 15.4 Å². The Bertz CT molecular complexity index is 670. The quantitative estimate of drug-likeness (QED) is 0.881. The summed E-state index contributed by atoms with van der Waals surface area (Å²) in [5.41, 5.74) is -1.27. The van der Waals surface area contributed by atoms with Crippen LogP contribution in [-0.4, -0.2) is 28.0 Å². The average Bonchev–Trinajstić information content (AvgIpc) is 2.87. The van der Waals surface area contributed by atoms with Gasteiger partial charge < -0.3 is 4.74 Å². The smallest absolute Gasteiger partial charge is 0.416 e. The van der Waals surface area contributed by atoms with Crippen LogP contribution in [0.1, 0.15) is 23.0 Å². The molecule has 2 aromatic rings. The molecule has 0 aliphatic rings. The first-order valence-electron chi connectivity index (χ1n) is 5.79. The summed E-state index contributed by atoms with van der Waals surface area (Å²) in [6.45, 7) is 1.69. The summed E-state index contributed by atoms with van der Waals surface area (Å²) in [5.74, 6) is -0.797. The molecule has 0 unspecified atom stereocenters. The third-order valence-electron chi connectivity index (χ3n) is 2.57. The lowest BCUT2D eigenvalue weighted by Crippen LogP contribution is -2.08. The van der Waals surface area contributed by atoms with Crippen molar-refractivity contribution in [2.24, 2.45) is 0 Å². The number of hydrogen-bond donors (Lipinski definition) is 1. The van der Waals surface area contributed by atoms with Gasteiger partial charge in [0.2, 0.25) is 0 Å². The van der Waals surface area contributed by atoms with E-state index in [0.29, 0.717) is 0 Å². The molecule has 0 amide bonds. The van der Waals surface area contributed by atoms with E-state index in [0.717, 1.165) is 18.2 Å². The second-order valence-electron chi connectivity index (χ2n) is 3.93. The molecule has 21 heavy (non-hydrogen) atoms. The molecule has 2 rings (SSSR count). The van der Waals surface area contributed by atoms with Crippen molar-refractivity contribution >= 4 is 17.6 Å². The van der Waals surface area contributed by atoms with E-state index >= 15 is 0 Å². The van der Waals surface area contributed by atoms with Crippen molar-refractivity contribution in [2.75, 3.05) is 6.61 Å². The van der Waals surface area contributed by atoms with Crippen LogP contribution < -0.4 is 0 Å². The van der Waals surface area contributed by atoms with Gasteiger partial charge in [0.1, 0.15) is 5.69 Å². The minimum absolute atomic E-state index is 0.0162. The fourth-order valence-electron chi connectivity index (χ4n) is 1.64. The van der Waals surface area contributed by atoms with Gasteiger partial charge in [0, 0.05) is 5.56 Å². The van der Waals surface area contributed by atoms with Crippen molar-refractivity contribution in [3.8, 4) is 11.3 Å². The molecule has 0 bridgehead atoms. The van der Waals surface area contributed by atoms with E-state index in [1.165, 1.54) is 0 Å². The second kappa shape index (κ2) is 5.72. The lowest BCUT2D eigenvalue weighted by atomic mass is 10.1. The maximum absolute atomic E-state index is 12.7.